The lowest BCUT2D eigenvalue weighted by Gasteiger charge is -2.60. The van der Waals surface area contributed by atoms with Gasteiger partial charge in [0.1, 0.15) is 10.7 Å². The summed E-state index contributed by atoms with van der Waals surface area (Å²) >= 11 is 1.51. The minimum Gasteiger partial charge on any atom is -0.350 e. The van der Waals surface area contributed by atoms with Crippen molar-refractivity contribution in [3.8, 4) is 0 Å². The zero-order chi connectivity index (χ0) is 17.3. The van der Waals surface area contributed by atoms with Crippen LogP contribution in [0.4, 0.5) is 0 Å². The van der Waals surface area contributed by atoms with E-state index in [1.807, 2.05) is 5.38 Å². The van der Waals surface area contributed by atoms with Crippen molar-refractivity contribution in [3.05, 3.63) is 16.1 Å². The van der Waals surface area contributed by atoms with E-state index in [1.54, 1.807) is 0 Å². The van der Waals surface area contributed by atoms with Crippen LogP contribution in [0, 0.1) is 23.2 Å². The summed E-state index contributed by atoms with van der Waals surface area (Å²) < 4.78 is 0. The maximum Gasteiger partial charge on any atom is 0.270 e. The number of aromatic nitrogens is 1. The quantitative estimate of drug-likeness (QED) is 0.777. The van der Waals surface area contributed by atoms with Gasteiger partial charge in [0.2, 0.25) is 0 Å². The molecule has 1 heterocycles. The largest absolute Gasteiger partial charge is 0.350 e. The number of fused-ring (bicyclic) bond motifs is 2. The van der Waals surface area contributed by atoms with Gasteiger partial charge in [0.25, 0.3) is 5.91 Å². The average molecular weight is 350 g/mol. The van der Waals surface area contributed by atoms with Crippen molar-refractivity contribution in [1.82, 2.24) is 10.3 Å². The molecule has 1 aromatic rings. The molecule has 5 heteroatoms. The normalized spacial score (nSPS) is 28.9. The predicted molar refractivity (Wildman–Crippen MR) is 99.0 cm³/mol. The molecule has 1 amide bonds. The van der Waals surface area contributed by atoms with Gasteiger partial charge >= 0.3 is 0 Å². The number of thiazole rings is 1. The maximum atomic E-state index is 12.4. The molecule has 24 heavy (non-hydrogen) atoms. The Bertz CT molecular complexity index is 581. The summed E-state index contributed by atoms with van der Waals surface area (Å²) in [6.07, 6.45) is 7.08. The van der Waals surface area contributed by atoms with E-state index in [0.29, 0.717) is 17.0 Å². The number of nitrogens with two attached hydrogens (primary N) is 1. The van der Waals surface area contributed by atoms with Crippen LogP contribution in [0.25, 0.3) is 0 Å². The van der Waals surface area contributed by atoms with Crippen molar-refractivity contribution in [2.45, 2.75) is 65.3 Å². The van der Waals surface area contributed by atoms with Gasteiger partial charge in [-0.3, -0.25) is 4.79 Å². The number of carbonyl (C=O) groups is 1. The van der Waals surface area contributed by atoms with Crippen LogP contribution in [0.3, 0.4) is 0 Å². The standard InChI is InChI=1S/C19H31N3OS/c1-4-5-6-15(20)18-22-16(11-24-18)17(23)21-10-12-7-8-13-9-14(12)19(13,2)3/h11-15H,4-10,20H2,1-3H3,(H,21,23). The van der Waals surface area contributed by atoms with Gasteiger partial charge in [-0.25, -0.2) is 4.98 Å². The third-order valence-electron chi connectivity index (χ3n) is 6.47. The van der Waals surface area contributed by atoms with Crippen LogP contribution < -0.4 is 11.1 Å². The molecule has 3 fully saturated rings. The Hall–Kier alpha value is -0.940. The highest BCUT2D eigenvalue weighted by Gasteiger charge is 2.53. The molecule has 0 aliphatic heterocycles. The van der Waals surface area contributed by atoms with Gasteiger partial charge in [-0.15, -0.1) is 11.3 Å². The predicted octanol–water partition coefficient (Wildman–Crippen LogP) is 4.14. The van der Waals surface area contributed by atoms with Crippen molar-refractivity contribution in [1.29, 1.82) is 0 Å². The smallest absolute Gasteiger partial charge is 0.270 e. The Balaban J connectivity index is 1.51. The molecule has 3 saturated carbocycles. The Morgan fingerprint density at radius 3 is 2.96 bits per heavy atom. The Kier molecular flexibility index (Phi) is 5.30. The summed E-state index contributed by atoms with van der Waals surface area (Å²) in [6.45, 7) is 7.73. The Labute approximate surface area is 149 Å². The number of hydrogen-bond donors (Lipinski definition) is 2. The monoisotopic (exact) mass is 349 g/mol. The topological polar surface area (TPSA) is 68.0 Å². The van der Waals surface area contributed by atoms with Crippen LogP contribution in [0.1, 0.15) is 80.8 Å². The molecular weight excluding hydrogens is 318 g/mol. The van der Waals surface area contributed by atoms with E-state index in [-0.39, 0.29) is 11.9 Å². The number of nitrogens with one attached hydrogen (secondary N) is 1. The van der Waals surface area contributed by atoms with E-state index in [0.717, 1.165) is 42.7 Å². The Morgan fingerprint density at radius 1 is 1.50 bits per heavy atom. The average Bonchev–Trinajstić information content (AvgIpc) is 3.07. The van der Waals surface area contributed by atoms with Gasteiger partial charge in [0.15, 0.2) is 0 Å². The minimum atomic E-state index is -0.0422. The second-order valence-corrected chi connectivity index (χ2v) is 9.12. The number of hydrogen-bond acceptors (Lipinski definition) is 4. The highest BCUT2D eigenvalue weighted by Crippen LogP contribution is 2.61. The first kappa shape index (κ1) is 17.9. The SMILES string of the molecule is CCCCC(N)c1nc(C(=O)NCC2CCC3CC2C3(C)C)cs1. The van der Waals surface area contributed by atoms with E-state index >= 15 is 0 Å². The van der Waals surface area contributed by atoms with Crippen LogP contribution in [-0.4, -0.2) is 17.4 Å². The summed E-state index contributed by atoms with van der Waals surface area (Å²) in [5.41, 5.74) is 7.15. The lowest BCUT2D eigenvalue weighted by atomic mass is 9.45. The zero-order valence-electron chi connectivity index (χ0n) is 15.2. The molecule has 0 saturated heterocycles. The fourth-order valence-corrected chi connectivity index (χ4v) is 5.47. The van der Waals surface area contributed by atoms with Crippen LogP contribution in [0.15, 0.2) is 5.38 Å². The molecule has 3 N–H and O–H groups in total. The van der Waals surface area contributed by atoms with Gasteiger partial charge in [-0.05, 0) is 48.9 Å². The van der Waals surface area contributed by atoms with Gasteiger partial charge in [-0.1, -0.05) is 33.6 Å². The van der Waals surface area contributed by atoms with Gasteiger partial charge in [-0.2, -0.15) is 0 Å². The first-order chi connectivity index (χ1) is 11.4. The lowest BCUT2D eigenvalue weighted by Crippen LogP contribution is -2.54. The number of nitrogens with zero attached hydrogens (tertiary/aromatic N) is 1. The van der Waals surface area contributed by atoms with Crippen LogP contribution in [0.2, 0.25) is 0 Å². The highest BCUT2D eigenvalue weighted by atomic mass is 32.1. The number of amides is 1. The van der Waals surface area contributed by atoms with Crippen molar-refractivity contribution in [2.75, 3.05) is 6.54 Å². The third kappa shape index (κ3) is 3.38. The first-order valence-electron chi connectivity index (χ1n) is 9.42. The second kappa shape index (κ2) is 7.12. The molecule has 3 aliphatic rings. The van der Waals surface area contributed by atoms with Crippen molar-refractivity contribution < 1.29 is 4.79 Å². The van der Waals surface area contributed by atoms with E-state index in [2.05, 4.69) is 31.1 Å². The molecule has 4 nitrogen and oxygen atoms in total. The summed E-state index contributed by atoms with van der Waals surface area (Å²) in [4.78, 5) is 16.9. The molecule has 0 radical (unpaired) electrons. The van der Waals surface area contributed by atoms with Crippen molar-refractivity contribution >= 4 is 17.2 Å². The molecule has 134 valence electrons. The first-order valence-corrected chi connectivity index (χ1v) is 10.3. The molecule has 4 rings (SSSR count). The number of carbonyl (C=O) groups excluding carboxylic acids is 1. The third-order valence-corrected chi connectivity index (χ3v) is 7.44. The van der Waals surface area contributed by atoms with E-state index < -0.39 is 0 Å². The maximum absolute atomic E-state index is 12.4. The van der Waals surface area contributed by atoms with E-state index in [4.69, 9.17) is 5.73 Å². The molecule has 1 aromatic heterocycles. The summed E-state index contributed by atoms with van der Waals surface area (Å²) in [5, 5.41) is 5.85. The van der Waals surface area contributed by atoms with E-state index in [1.165, 1.54) is 30.6 Å². The number of rotatable bonds is 7. The van der Waals surface area contributed by atoms with Crippen LogP contribution in [0.5, 0.6) is 0 Å². The molecule has 3 aliphatic carbocycles. The fourth-order valence-electron chi connectivity index (χ4n) is 4.63. The zero-order valence-corrected chi connectivity index (χ0v) is 16.0. The van der Waals surface area contributed by atoms with E-state index in [9.17, 15) is 4.79 Å². The van der Waals surface area contributed by atoms with Crippen LogP contribution >= 0.6 is 11.3 Å². The molecule has 4 unspecified atom stereocenters. The van der Waals surface area contributed by atoms with Gasteiger partial charge in [0.05, 0.1) is 6.04 Å². The minimum absolute atomic E-state index is 0.0393. The summed E-state index contributed by atoms with van der Waals surface area (Å²) in [5.74, 6) is 2.25. The van der Waals surface area contributed by atoms with Crippen LogP contribution in [-0.2, 0) is 0 Å². The fraction of sp³-hybridized carbons (Fsp3) is 0.789. The molecule has 0 aromatic carbocycles. The molecule has 0 spiro atoms. The second-order valence-electron chi connectivity index (χ2n) is 8.23. The van der Waals surface area contributed by atoms with Crippen molar-refractivity contribution in [2.24, 2.45) is 28.9 Å². The van der Waals surface area contributed by atoms with Gasteiger partial charge < -0.3 is 11.1 Å². The summed E-state index contributed by atoms with van der Waals surface area (Å²) in [6, 6.07) is -0.0393. The highest BCUT2D eigenvalue weighted by molar-refractivity contribution is 7.09. The molecular formula is C19H31N3OS. The summed E-state index contributed by atoms with van der Waals surface area (Å²) in [7, 11) is 0. The number of unbranched alkanes of at least 4 members (excludes halogenated alkanes) is 1. The van der Waals surface area contributed by atoms with Gasteiger partial charge in [0, 0.05) is 11.9 Å². The molecule has 4 atom stereocenters. The van der Waals surface area contributed by atoms with Crippen molar-refractivity contribution in [3.63, 3.8) is 0 Å². The lowest BCUT2D eigenvalue weighted by molar-refractivity contribution is -0.103. The molecule has 2 bridgehead atoms. The Morgan fingerprint density at radius 2 is 2.29 bits per heavy atom.